The van der Waals surface area contributed by atoms with Crippen LogP contribution in [0.4, 0.5) is 5.69 Å². The number of hydrogen-bond acceptors (Lipinski definition) is 7. The molecule has 0 fully saturated rings. The zero-order valence-corrected chi connectivity index (χ0v) is 25.4. The van der Waals surface area contributed by atoms with Gasteiger partial charge in [0, 0.05) is 22.0 Å². The second kappa shape index (κ2) is 11.8. The number of carbonyl (C=O) groups is 1. The number of aromatic nitrogens is 2. The van der Waals surface area contributed by atoms with Gasteiger partial charge in [0.1, 0.15) is 12.1 Å². The van der Waals surface area contributed by atoms with Crippen molar-refractivity contribution in [2.45, 2.75) is 37.7 Å². The number of sulfonamides is 1. The molecule has 0 aliphatic heterocycles. The summed E-state index contributed by atoms with van der Waals surface area (Å²) in [6.07, 6.45) is 0.543. The van der Waals surface area contributed by atoms with E-state index in [-0.39, 0.29) is 20.6 Å². The van der Waals surface area contributed by atoms with Crippen molar-refractivity contribution in [3.05, 3.63) is 106 Å². The van der Waals surface area contributed by atoms with Gasteiger partial charge in [-0.1, -0.05) is 70.8 Å². The summed E-state index contributed by atoms with van der Waals surface area (Å²) in [5.74, 6) is 0.229. The predicted molar refractivity (Wildman–Crippen MR) is 163 cm³/mol. The van der Waals surface area contributed by atoms with Crippen LogP contribution in [0.25, 0.3) is 22.2 Å². The van der Waals surface area contributed by atoms with Crippen LogP contribution in [0.1, 0.15) is 32.2 Å². The first-order valence-electron chi connectivity index (χ1n) is 13.0. The standard InChI is InChI=1S/C31H27Cl2N3O5S/c1-31(2,3)40-29(37)19-36(42(38,39)27-17-24(32)16-25(33)18-27)26-12-11-21-14-23(10-9-22(21)15-26)30-34-28(35-41-30)13-20-7-5-4-6-8-20/h4-12,14-18H,13,19H2,1-3H3. The highest BCUT2D eigenvalue weighted by molar-refractivity contribution is 7.92. The minimum atomic E-state index is -4.26. The van der Waals surface area contributed by atoms with Gasteiger partial charge in [0.2, 0.25) is 0 Å². The number of halogens is 2. The summed E-state index contributed by atoms with van der Waals surface area (Å²) in [6.45, 7) is 4.58. The van der Waals surface area contributed by atoms with Crippen molar-refractivity contribution in [3.63, 3.8) is 0 Å². The number of rotatable bonds is 8. The lowest BCUT2D eigenvalue weighted by molar-refractivity contribution is -0.152. The van der Waals surface area contributed by atoms with Crippen molar-refractivity contribution in [2.24, 2.45) is 0 Å². The van der Waals surface area contributed by atoms with Gasteiger partial charge < -0.3 is 9.26 Å². The molecular weight excluding hydrogens is 597 g/mol. The highest BCUT2D eigenvalue weighted by Crippen LogP contribution is 2.32. The average Bonchev–Trinajstić information content (AvgIpc) is 3.38. The van der Waals surface area contributed by atoms with Crippen LogP contribution in [0.15, 0.2) is 94.3 Å². The topological polar surface area (TPSA) is 103 Å². The molecule has 216 valence electrons. The summed E-state index contributed by atoms with van der Waals surface area (Å²) in [5.41, 5.74) is 1.25. The highest BCUT2D eigenvalue weighted by atomic mass is 35.5. The Kier molecular flexibility index (Phi) is 8.28. The fourth-order valence-electron chi connectivity index (χ4n) is 4.35. The van der Waals surface area contributed by atoms with Gasteiger partial charge in [0.25, 0.3) is 15.9 Å². The minimum Gasteiger partial charge on any atom is -0.459 e. The van der Waals surface area contributed by atoms with Gasteiger partial charge >= 0.3 is 5.97 Å². The molecule has 5 rings (SSSR count). The Labute approximate surface area is 253 Å². The van der Waals surface area contributed by atoms with Crippen molar-refractivity contribution in [1.29, 1.82) is 0 Å². The summed E-state index contributed by atoms with van der Waals surface area (Å²) in [6, 6.07) is 24.4. The lowest BCUT2D eigenvalue weighted by Gasteiger charge is -2.26. The molecule has 0 spiro atoms. The Bertz CT molecular complexity index is 1850. The summed E-state index contributed by atoms with van der Waals surface area (Å²) >= 11 is 12.2. The number of anilines is 1. The molecule has 8 nitrogen and oxygen atoms in total. The zero-order chi connectivity index (χ0) is 30.1. The molecular formula is C31H27Cl2N3O5S. The summed E-state index contributed by atoms with van der Waals surface area (Å²) < 4.78 is 39.6. The molecule has 11 heteroatoms. The number of benzene rings is 4. The van der Waals surface area contributed by atoms with Crippen LogP contribution >= 0.6 is 23.2 Å². The Morgan fingerprint density at radius 3 is 2.26 bits per heavy atom. The Morgan fingerprint density at radius 2 is 1.57 bits per heavy atom. The first-order chi connectivity index (χ1) is 19.9. The molecule has 0 amide bonds. The molecule has 4 aromatic carbocycles. The number of carbonyl (C=O) groups excluding carboxylic acids is 1. The van der Waals surface area contributed by atoms with Crippen molar-refractivity contribution >= 4 is 55.7 Å². The van der Waals surface area contributed by atoms with E-state index in [9.17, 15) is 13.2 Å². The maximum atomic E-state index is 13.8. The molecule has 0 bridgehead atoms. The van der Waals surface area contributed by atoms with Gasteiger partial charge in [-0.3, -0.25) is 9.10 Å². The van der Waals surface area contributed by atoms with Crippen LogP contribution in [-0.4, -0.2) is 36.7 Å². The molecule has 0 radical (unpaired) electrons. The molecule has 1 heterocycles. The fourth-order valence-corrected chi connectivity index (χ4v) is 6.48. The summed E-state index contributed by atoms with van der Waals surface area (Å²) in [7, 11) is -4.26. The molecule has 42 heavy (non-hydrogen) atoms. The van der Waals surface area contributed by atoms with Crippen molar-refractivity contribution in [3.8, 4) is 11.5 Å². The quantitative estimate of drug-likeness (QED) is 0.167. The molecule has 0 unspecified atom stereocenters. The minimum absolute atomic E-state index is 0.150. The van der Waals surface area contributed by atoms with Crippen LogP contribution < -0.4 is 4.31 Å². The highest BCUT2D eigenvalue weighted by Gasteiger charge is 2.30. The molecule has 0 aliphatic carbocycles. The third-order valence-corrected chi connectivity index (χ3v) is 8.34. The molecule has 0 aliphatic rings. The second-order valence-electron chi connectivity index (χ2n) is 10.6. The van der Waals surface area contributed by atoms with E-state index in [1.54, 1.807) is 39.0 Å². The van der Waals surface area contributed by atoms with Gasteiger partial charge in [0.05, 0.1) is 10.6 Å². The van der Waals surface area contributed by atoms with Gasteiger partial charge in [-0.25, -0.2) is 8.42 Å². The second-order valence-corrected chi connectivity index (χ2v) is 13.4. The smallest absolute Gasteiger partial charge is 0.327 e. The van der Waals surface area contributed by atoms with E-state index in [1.165, 1.54) is 18.2 Å². The van der Waals surface area contributed by atoms with E-state index in [1.807, 2.05) is 48.5 Å². The first kappa shape index (κ1) is 29.6. The maximum absolute atomic E-state index is 13.8. The van der Waals surface area contributed by atoms with Crippen LogP contribution in [0.3, 0.4) is 0 Å². The SMILES string of the molecule is CC(C)(C)OC(=O)CN(c1ccc2cc(-c3nc(Cc4ccccc4)no3)ccc2c1)S(=O)(=O)c1cc(Cl)cc(Cl)c1. The normalized spacial score (nSPS) is 11.9. The fraction of sp³-hybridized carbons (Fsp3) is 0.194. The van der Waals surface area contributed by atoms with Gasteiger partial charge in [-0.15, -0.1) is 0 Å². The van der Waals surface area contributed by atoms with Crippen molar-refractivity contribution < 1.29 is 22.5 Å². The third kappa shape index (κ3) is 6.92. The zero-order valence-electron chi connectivity index (χ0n) is 23.0. The van der Waals surface area contributed by atoms with E-state index < -0.39 is 28.1 Å². The third-order valence-electron chi connectivity index (χ3n) is 6.15. The lowest BCUT2D eigenvalue weighted by Crippen LogP contribution is -2.39. The lowest BCUT2D eigenvalue weighted by atomic mass is 10.1. The maximum Gasteiger partial charge on any atom is 0.327 e. The molecule has 0 N–H and O–H groups in total. The van der Waals surface area contributed by atoms with E-state index in [0.717, 1.165) is 20.6 Å². The van der Waals surface area contributed by atoms with Crippen molar-refractivity contribution in [2.75, 3.05) is 10.8 Å². The number of fused-ring (bicyclic) bond motifs is 1. The van der Waals surface area contributed by atoms with E-state index >= 15 is 0 Å². The van der Waals surface area contributed by atoms with E-state index in [0.29, 0.717) is 23.7 Å². The van der Waals surface area contributed by atoms with E-state index in [4.69, 9.17) is 32.5 Å². The molecule has 0 saturated heterocycles. The van der Waals surface area contributed by atoms with Crippen LogP contribution in [-0.2, 0) is 26.0 Å². The number of nitrogens with zero attached hydrogens (tertiary/aromatic N) is 3. The predicted octanol–water partition coefficient (Wildman–Crippen LogP) is 7.32. The largest absolute Gasteiger partial charge is 0.459 e. The monoisotopic (exact) mass is 623 g/mol. The summed E-state index contributed by atoms with van der Waals surface area (Å²) in [4.78, 5) is 17.2. The van der Waals surface area contributed by atoms with E-state index in [2.05, 4.69) is 10.1 Å². The van der Waals surface area contributed by atoms with Gasteiger partial charge in [-0.2, -0.15) is 4.98 Å². The Morgan fingerprint density at radius 1 is 0.905 bits per heavy atom. The molecule has 0 saturated carbocycles. The van der Waals surface area contributed by atoms with Gasteiger partial charge in [0.15, 0.2) is 5.82 Å². The van der Waals surface area contributed by atoms with Crippen molar-refractivity contribution in [1.82, 2.24) is 10.1 Å². The Hall–Kier alpha value is -3.92. The molecule has 1 aromatic heterocycles. The van der Waals surface area contributed by atoms with Crippen LogP contribution in [0.2, 0.25) is 10.0 Å². The van der Waals surface area contributed by atoms with Crippen LogP contribution in [0, 0.1) is 0 Å². The Balaban J connectivity index is 1.48. The van der Waals surface area contributed by atoms with Gasteiger partial charge in [-0.05, 0) is 79.6 Å². The first-order valence-corrected chi connectivity index (χ1v) is 15.2. The number of esters is 1. The number of ether oxygens (including phenoxy) is 1. The van der Waals surface area contributed by atoms with Crippen LogP contribution in [0.5, 0.6) is 0 Å². The molecule has 5 aromatic rings. The molecule has 0 atom stereocenters. The summed E-state index contributed by atoms with van der Waals surface area (Å²) in [5, 5.41) is 5.94. The number of hydrogen-bond donors (Lipinski definition) is 0. The average molecular weight is 625 g/mol.